The summed E-state index contributed by atoms with van der Waals surface area (Å²) in [6, 6.07) is 5.78. The molecular formula is C8H10NO3S. The lowest BCUT2D eigenvalue weighted by Gasteiger charge is -2.02. The Kier molecular flexibility index (Phi) is 2.90. The Morgan fingerprint density at radius 1 is 1.31 bits per heavy atom. The Balaban J connectivity index is 2.94. The second kappa shape index (κ2) is 3.76. The lowest BCUT2D eigenvalue weighted by molar-refractivity contribution is 0.483. The Morgan fingerprint density at radius 3 is 2.23 bits per heavy atom. The number of hydrogen-bond acceptors (Lipinski definition) is 3. The third-order valence-electron chi connectivity index (χ3n) is 1.48. The summed E-state index contributed by atoms with van der Waals surface area (Å²) < 4.78 is 29.9. The lowest BCUT2D eigenvalue weighted by atomic mass is 10.3. The smallest absolute Gasteiger partial charge is 0.294 e. The Bertz CT molecular complexity index is 369. The molecule has 0 aliphatic rings. The summed E-state index contributed by atoms with van der Waals surface area (Å²) in [6.45, 7) is 4.09. The highest BCUT2D eigenvalue weighted by molar-refractivity contribution is 7.85. The van der Waals surface area contributed by atoms with Crippen LogP contribution in [0.2, 0.25) is 0 Å². The van der Waals surface area contributed by atoms with Crippen LogP contribution >= 0.6 is 0 Å². The molecule has 0 aliphatic carbocycles. The summed E-state index contributed by atoms with van der Waals surface area (Å²) >= 11 is 0. The van der Waals surface area contributed by atoms with Crippen LogP contribution in [0.4, 0.5) is 5.69 Å². The molecule has 1 rings (SSSR count). The third kappa shape index (κ3) is 2.71. The fourth-order valence-corrected chi connectivity index (χ4v) is 1.37. The van der Waals surface area contributed by atoms with Crippen molar-refractivity contribution in [1.29, 1.82) is 0 Å². The molecule has 0 saturated heterocycles. The molecule has 0 aliphatic heterocycles. The normalized spacial score (nSPS) is 11.2. The van der Waals surface area contributed by atoms with E-state index in [1.807, 2.05) is 0 Å². The van der Waals surface area contributed by atoms with E-state index in [0.29, 0.717) is 6.54 Å². The average Bonchev–Trinajstić information content (AvgIpc) is 2.04. The van der Waals surface area contributed by atoms with Crippen LogP contribution in [0.5, 0.6) is 0 Å². The number of rotatable bonds is 3. The fourth-order valence-electron chi connectivity index (χ4n) is 0.889. The summed E-state index contributed by atoms with van der Waals surface area (Å²) in [5.74, 6) is 0. The number of anilines is 1. The molecule has 0 heterocycles. The van der Waals surface area contributed by atoms with Crippen molar-refractivity contribution in [3.8, 4) is 0 Å². The van der Waals surface area contributed by atoms with Crippen LogP contribution < -0.4 is 5.32 Å². The van der Waals surface area contributed by atoms with Gasteiger partial charge in [-0.1, -0.05) is 0 Å². The van der Waals surface area contributed by atoms with Crippen LogP contribution in [0.1, 0.15) is 0 Å². The van der Waals surface area contributed by atoms with E-state index in [-0.39, 0.29) is 4.90 Å². The van der Waals surface area contributed by atoms with Crippen LogP contribution in [-0.4, -0.2) is 19.5 Å². The average molecular weight is 200 g/mol. The molecule has 0 unspecified atom stereocenters. The summed E-state index contributed by atoms with van der Waals surface area (Å²) in [7, 11) is -4.08. The van der Waals surface area contributed by atoms with E-state index < -0.39 is 10.1 Å². The highest BCUT2D eigenvalue weighted by Gasteiger charge is 2.07. The van der Waals surface area contributed by atoms with E-state index in [4.69, 9.17) is 4.55 Å². The maximum atomic E-state index is 10.6. The van der Waals surface area contributed by atoms with E-state index in [0.717, 1.165) is 5.69 Å². The van der Waals surface area contributed by atoms with E-state index >= 15 is 0 Å². The molecule has 1 aromatic rings. The van der Waals surface area contributed by atoms with Gasteiger partial charge in [0.1, 0.15) is 0 Å². The van der Waals surface area contributed by atoms with Crippen molar-refractivity contribution >= 4 is 15.8 Å². The molecule has 0 saturated carbocycles. The van der Waals surface area contributed by atoms with Crippen molar-refractivity contribution < 1.29 is 13.0 Å². The van der Waals surface area contributed by atoms with Gasteiger partial charge in [0.2, 0.25) is 0 Å². The van der Waals surface area contributed by atoms with Crippen molar-refractivity contribution in [2.24, 2.45) is 0 Å². The first kappa shape index (κ1) is 10.0. The van der Waals surface area contributed by atoms with Gasteiger partial charge in [0, 0.05) is 12.2 Å². The zero-order valence-electron chi connectivity index (χ0n) is 6.90. The number of nitrogens with one attached hydrogen (secondary N) is 1. The molecule has 0 bridgehead atoms. The van der Waals surface area contributed by atoms with Crippen molar-refractivity contribution in [1.82, 2.24) is 0 Å². The van der Waals surface area contributed by atoms with Crippen LogP contribution in [0, 0.1) is 6.92 Å². The number of hydrogen-bond donors (Lipinski definition) is 2. The number of benzene rings is 1. The molecule has 1 aromatic carbocycles. The minimum absolute atomic E-state index is 0.109. The molecule has 71 valence electrons. The van der Waals surface area contributed by atoms with Gasteiger partial charge in [-0.15, -0.1) is 0 Å². The largest absolute Gasteiger partial charge is 0.385 e. The standard InChI is InChI=1S/C8H10NO3S/c1-2-9-7-3-5-8(6-4-7)13(10,11)12/h3-6,9H,1-2H2,(H,10,11,12). The monoisotopic (exact) mass is 200 g/mol. The topological polar surface area (TPSA) is 66.4 Å². The second-order valence-corrected chi connectivity index (χ2v) is 3.85. The van der Waals surface area contributed by atoms with Gasteiger partial charge in [-0.25, -0.2) is 0 Å². The van der Waals surface area contributed by atoms with E-state index in [1.165, 1.54) is 12.1 Å². The van der Waals surface area contributed by atoms with Gasteiger partial charge >= 0.3 is 0 Å². The maximum Gasteiger partial charge on any atom is 0.294 e. The zero-order valence-corrected chi connectivity index (χ0v) is 7.71. The van der Waals surface area contributed by atoms with Crippen molar-refractivity contribution in [2.75, 3.05) is 11.9 Å². The molecule has 2 N–H and O–H groups in total. The first-order valence-electron chi connectivity index (χ1n) is 3.64. The van der Waals surface area contributed by atoms with Gasteiger partial charge in [-0.3, -0.25) is 4.55 Å². The molecule has 0 spiro atoms. The van der Waals surface area contributed by atoms with Crippen molar-refractivity contribution in [2.45, 2.75) is 4.90 Å². The predicted molar refractivity (Wildman–Crippen MR) is 50.1 cm³/mol. The highest BCUT2D eigenvalue weighted by atomic mass is 32.2. The van der Waals surface area contributed by atoms with Crippen molar-refractivity contribution in [3.05, 3.63) is 31.2 Å². The Labute approximate surface area is 77.3 Å². The quantitative estimate of drug-likeness (QED) is 0.719. The maximum absolute atomic E-state index is 10.6. The summed E-state index contributed by atoms with van der Waals surface area (Å²) in [4.78, 5) is -0.109. The van der Waals surface area contributed by atoms with Crippen LogP contribution in [0.3, 0.4) is 0 Å². The van der Waals surface area contributed by atoms with Crippen LogP contribution in [0.15, 0.2) is 29.2 Å². The van der Waals surface area contributed by atoms with Gasteiger partial charge in [-0.05, 0) is 31.2 Å². The third-order valence-corrected chi connectivity index (χ3v) is 2.35. The Hall–Kier alpha value is -1.07. The van der Waals surface area contributed by atoms with Crippen LogP contribution in [-0.2, 0) is 10.1 Å². The molecule has 5 heteroatoms. The van der Waals surface area contributed by atoms with E-state index in [2.05, 4.69) is 12.2 Å². The molecule has 0 amide bonds. The first-order valence-corrected chi connectivity index (χ1v) is 5.09. The second-order valence-electron chi connectivity index (χ2n) is 2.43. The summed E-state index contributed by atoms with van der Waals surface area (Å²) in [6.07, 6.45) is 0. The molecule has 0 fully saturated rings. The van der Waals surface area contributed by atoms with Gasteiger partial charge in [0.25, 0.3) is 10.1 Å². The van der Waals surface area contributed by atoms with Gasteiger partial charge in [-0.2, -0.15) is 8.42 Å². The zero-order chi connectivity index (χ0) is 9.90. The van der Waals surface area contributed by atoms with Gasteiger partial charge < -0.3 is 5.32 Å². The molecule has 4 nitrogen and oxygen atoms in total. The Morgan fingerprint density at radius 2 is 1.85 bits per heavy atom. The molecule has 13 heavy (non-hydrogen) atoms. The first-order chi connectivity index (χ1) is 6.04. The summed E-state index contributed by atoms with van der Waals surface area (Å²) in [5, 5.41) is 2.90. The van der Waals surface area contributed by atoms with Gasteiger partial charge in [0.15, 0.2) is 0 Å². The minimum atomic E-state index is -4.08. The SMILES string of the molecule is [CH2]CNc1ccc(S(=O)(=O)O)cc1. The van der Waals surface area contributed by atoms with Crippen LogP contribution in [0.25, 0.3) is 0 Å². The van der Waals surface area contributed by atoms with Gasteiger partial charge in [0.05, 0.1) is 4.90 Å². The summed E-state index contributed by atoms with van der Waals surface area (Å²) in [5.41, 5.74) is 0.766. The van der Waals surface area contributed by atoms with E-state index in [9.17, 15) is 8.42 Å². The predicted octanol–water partition coefficient (Wildman–Crippen LogP) is 1.18. The lowest BCUT2D eigenvalue weighted by Crippen LogP contribution is -1.99. The fraction of sp³-hybridized carbons (Fsp3) is 0.125. The molecule has 0 aromatic heterocycles. The molecule has 1 radical (unpaired) electrons. The molecular weight excluding hydrogens is 190 g/mol. The van der Waals surface area contributed by atoms with E-state index in [1.54, 1.807) is 12.1 Å². The van der Waals surface area contributed by atoms with Crippen molar-refractivity contribution in [3.63, 3.8) is 0 Å². The highest BCUT2D eigenvalue weighted by Crippen LogP contribution is 2.12. The minimum Gasteiger partial charge on any atom is -0.385 e. The molecule has 0 atom stereocenters.